The second kappa shape index (κ2) is 5.69. The number of aromatic nitrogens is 6. The summed E-state index contributed by atoms with van der Waals surface area (Å²) in [6.45, 7) is 2.84. The highest BCUT2D eigenvalue weighted by Gasteiger charge is 2.19. The van der Waals surface area contributed by atoms with Crippen LogP contribution in [0.4, 0.5) is 0 Å². The molecular weight excluding hydrogens is 292 g/mol. The molecule has 0 N–H and O–H groups in total. The number of rotatable bonds is 5. The smallest absolute Gasteiger partial charge is 0.245 e. The summed E-state index contributed by atoms with van der Waals surface area (Å²) in [4.78, 5) is 17.0. The molecule has 8 heteroatoms. The molecule has 7 nitrogen and oxygen atoms in total. The van der Waals surface area contributed by atoms with Gasteiger partial charge in [0.05, 0.1) is 25.4 Å². The summed E-state index contributed by atoms with van der Waals surface area (Å²) >= 11 is 6.03. The molecular formula is C13H15ClN6O. The first-order chi connectivity index (χ1) is 10.2. The normalized spacial score (nSPS) is 12.7. The fourth-order valence-corrected chi connectivity index (χ4v) is 2.61. The van der Waals surface area contributed by atoms with Gasteiger partial charge in [0.25, 0.3) is 0 Å². The van der Waals surface area contributed by atoms with E-state index < -0.39 is 0 Å². The maximum atomic E-state index is 6.03. The van der Waals surface area contributed by atoms with Gasteiger partial charge in [0.2, 0.25) is 5.88 Å². The van der Waals surface area contributed by atoms with Crippen molar-refractivity contribution in [3.05, 3.63) is 30.9 Å². The monoisotopic (exact) mass is 306 g/mol. The Morgan fingerprint density at radius 3 is 2.90 bits per heavy atom. The number of hydrogen-bond donors (Lipinski definition) is 0. The summed E-state index contributed by atoms with van der Waals surface area (Å²) < 4.78 is 9.27. The van der Waals surface area contributed by atoms with E-state index in [1.54, 1.807) is 19.6 Å². The third-order valence-corrected chi connectivity index (χ3v) is 3.54. The fourth-order valence-electron chi connectivity index (χ4n) is 2.42. The molecule has 0 fully saturated rings. The van der Waals surface area contributed by atoms with Crippen LogP contribution in [0.3, 0.4) is 0 Å². The minimum atomic E-state index is 0.123. The molecule has 3 heterocycles. The van der Waals surface area contributed by atoms with Crippen molar-refractivity contribution >= 4 is 22.8 Å². The van der Waals surface area contributed by atoms with Crippen LogP contribution < -0.4 is 4.74 Å². The number of fused-ring (bicyclic) bond motifs is 1. The lowest BCUT2D eigenvalue weighted by molar-refractivity contribution is 0.401. The van der Waals surface area contributed by atoms with Gasteiger partial charge in [0.1, 0.15) is 12.2 Å². The van der Waals surface area contributed by atoms with Crippen molar-refractivity contribution < 1.29 is 4.74 Å². The van der Waals surface area contributed by atoms with Gasteiger partial charge < -0.3 is 13.9 Å². The molecule has 0 saturated carbocycles. The van der Waals surface area contributed by atoms with E-state index in [4.69, 9.17) is 16.3 Å². The number of halogens is 1. The van der Waals surface area contributed by atoms with Crippen molar-refractivity contribution in [3.63, 3.8) is 0 Å². The van der Waals surface area contributed by atoms with Crippen LogP contribution >= 0.6 is 11.6 Å². The third-order valence-electron chi connectivity index (χ3n) is 3.30. The molecule has 0 amide bonds. The summed E-state index contributed by atoms with van der Waals surface area (Å²) in [7, 11) is 1.57. The Kier molecular flexibility index (Phi) is 3.74. The van der Waals surface area contributed by atoms with Crippen molar-refractivity contribution in [3.8, 4) is 5.88 Å². The van der Waals surface area contributed by atoms with Crippen molar-refractivity contribution in [1.82, 2.24) is 29.1 Å². The zero-order chi connectivity index (χ0) is 14.8. The van der Waals surface area contributed by atoms with E-state index in [1.165, 1.54) is 6.33 Å². The Hall–Kier alpha value is -2.15. The van der Waals surface area contributed by atoms with Crippen LogP contribution in [-0.2, 0) is 12.4 Å². The molecule has 0 radical (unpaired) electrons. The predicted molar refractivity (Wildman–Crippen MR) is 78.4 cm³/mol. The van der Waals surface area contributed by atoms with Gasteiger partial charge in [-0.25, -0.2) is 15.0 Å². The first-order valence-corrected chi connectivity index (χ1v) is 7.05. The van der Waals surface area contributed by atoms with E-state index in [0.717, 1.165) is 18.0 Å². The zero-order valence-corrected chi connectivity index (χ0v) is 12.5. The molecule has 0 aliphatic heterocycles. The van der Waals surface area contributed by atoms with Crippen LogP contribution in [0.25, 0.3) is 11.2 Å². The van der Waals surface area contributed by atoms with Crippen LogP contribution in [0.15, 0.2) is 25.0 Å². The van der Waals surface area contributed by atoms with Crippen molar-refractivity contribution in [1.29, 1.82) is 0 Å². The molecule has 1 atom stereocenters. The average Bonchev–Trinajstić information content (AvgIpc) is 3.12. The summed E-state index contributed by atoms with van der Waals surface area (Å²) in [5.74, 6) is 1.51. The molecule has 110 valence electrons. The van der Waals surface area contributed by atoms with Crippen LogP contribution in [0, 0.1) is 0 Å². The minimum absolute atomic E-state index is 0.123. The van der Waals surface area contributed by atoms with Gasteiger partial charge >= 0.3 is 0 Å². The quantitative estimate of drug-likeness (QED) is 0.675. The Labute approximate surface area is 126 Å². The SMILES string of the molecule is COc1ncnc2c1nc(CCl)n2C(C)Cn1ccnc1. The molecule has 1 unspecified atom stereocenters. The van der Waals surface area contributed by atoms with Gasteiger partial charge in [-0.05, 0) is 6.92 Å². The minimum Gasteiger partial charge on any atom is -0.479 e. The summed E-state index contributed by atoms with van der Waals surface area (Å²) in [5.41, 5.74) is 1.36. The molecule has 0 saturated heterocycles. The molecule has 3 rings (SSSR count). The molecule has 0 bridgehead atoms. The molecule has 0 aliphatic carbocycles. The van der Waals surface area contributed by atoms with Crippen LogP contribution in [0.2, 0.25) is 0 Å². The second-order valence-electron chi connectivity index (χ2n) is 4.70. The molecule has 3 aromatic rings. The van der Waals surface area contributed by atoms with Gasteiger partial charge in [0.15, 0.2) is 11.2 Å². The number of ether oxygens (including phenoxy) is 1. The molecule has 0 spiro atoms. The molecule has 3 aromatic heterocycles. The maximum absolute atomic E-state index is 6.03. The van der Waals surface area contributed by atoms with Gasteiger partial charge in [-0.15, -0.1) is 11.6 Å². The highest BCUT2D eigenvalue weighted by molar-refractivity contribution is 6.16. The molecule has 21 heavy (non-hydrogen) atoms. The Bertz CT molecular complexity index is 739. The topological polar surface area (TPSA) is 70.7 Å². The summed E-state index contributed by atoms with van der Waals surface area (Å²) in [6, 6.07) is 0.123. The molecule has 0 aromatic carbocycles. The average molecular weight is 307 g/mol. The number of hydrogen-bond acceptors (Lipinski definition) is 5. The van der Waals surface area contributed by atoms with Crippen molar-refractivity contribution in [2.24, 2.45) is 0 Å². The van der Waals surface area contributed by atoms with E-state index in [-0.39, 0.29) is 6.04 Å². The lowest BCUT2D eigenvalue weighted by Crippen LogP contribution is -2.15. The van der Waals surface area contributed by atoms with Crippen molar-refractivity contribution in [2.75, 3.05) is 7.11 Å². The standard InChI is InChI=1S/C13H15ClN6O/c1-9(6-19-4-3-15-8-19)20-10(5-14)18-11-12(20)16-7-17-13(11)21-2/h3-4,7-9H,5-6H2,1-2H3. The maximum Gasteiger partial charge on any atom is 0.245 e. The number of methoxy groups -OCH3 is 1. The largest absolute Gasteiger partial charge is 0.479 e. The highest BCUT2D eigenvalue weighted by atomic mass is 35.5. The predicted octanol–water partition coefficient (Wildman–Crippen LogP) is 2.03. The van der Waals surface area contributed by atoms with E-state index in [2.05, 4.69) is 26.9 Å². The number of nitrogens with zero attached hydrogens (tertiary/aromatic N) is 6. The van der Waals surface area contributed by atoms with E-state index >= 15 is 0 Å². The Balaban J connectivity index is 2.07. The fraction of sp³-hybridized carbons (Fsp3) is 0.385. The summed E-state index contributed by atoms with van der Waals surface area (Å²) in [6.07, 6.45) is 6.94. The highest BCUT2D eigenvalue weighted by Crippen LogP contribution is 2.26. The van der Waals surface area contributed by atoms with Gasteiger partial charge in [-0.2, -0.15) is 4.98 Å². The Morgan fingerprint density at radius 2 is 2.24 bits per heavy atom. The summed E-state index contributed by atoms with van der Waals surface area (Å²) in [5, 5.41) is 0. The van der Waals surface area contributed by atoms with Crippen LogP contribution in [-0.4, -0.2) is 36.2 Å². The molecule has 0 aliphatic rings. The third kappa shape index (κ3) is 2.44. The van der Waals surface area contributed by atoms with Crippen LogP contribution in [0.5, 0.6) is 5.88 Å². The van der Waals surface area contributed by atoms with E-state index in [9.17, 15) is 0 Å². The van der Waals surface area contributed by atoms with Crippen LogP contribution in [0.1, 0.15) is 18.8 Å². The lowest BCUT2D eigenvalue weighted by Gasteiger charge is -2.16. The zero-order valence-electron chi connectivity index (χ0n) is 11.8. The van der Waals surface area contributed by atoms with Gasteiger partial charge in [-0.3, -0.25) is 0 Å². The van der Waals surface area contributed by atoms with E-state index in [1.807, 2.05) is 15.3 Å². The van der Waals surface area contributed by atoms with Gasteiger partial charge in [-0.1, -0.05) is 0 Å². The first-order valence-electron chi connectivity index (χ1n) is 6.52. The van der Waals surface area contributed by atoms with Gasteiger partial charge in [0, 0.05) is 18.9 Å². The number of imidazole rings is 2. The first kappa shape index (κ1) is 13.8. The second-order valence-corrected chi connectivity index (χ2v) is 4.96. The lowest BCUT2D eigenvalue weighted by atomic mass is 10.3. The number of alkyl halides is 1. The van der Waals surface area contributed by atoms with E-state index in [0.29, 0.717) is 17.3 Å². The Morgan fingerprint density at radius 1 is 1.38 bits per heavy atom. The van der Waals surface area contributed by atoms with Crippen molar-refractivity contribution in [2.45, 2.75) is 25.4 Å².